The van der Waals surface area contributed by atoms with Crippen LogP contribution in [0.3, 0.4) is 0 Å². The number of alkyl halides is 3. The van der Waals surface area contributed by atoms with E-state index in [4.69, 9.17) is 5.73 Å². The van der Waals surface area contributed by atoms with Gasteiger partial charge in [0, 0.05) is 13.7 Å². The first-order valence-corrected chi connectivity index (χ1v) is 5.71. The van der Waals surface area contributed by atoms with Gasteiger partial charge in [0.15, 0.2) is 0 Å². The Morgan fingerprint density at radius 1 is 1.44 bits per heavy atom. The largest absolute Gasteiger partial charge is 0.402 e. The maximum atomic E-state index is 11.7. The first kappa shape index (κ1) is 15.6. The highest BCUT2D eigenvalue weighted by Crippen LogP contribution is 2.12. The number of rotatable bonds is 7. The standard InChI is InChI=1S/C6H14F3N3O3S/c1-15-3-5(2-10)12-16(13,14)11-4-6(7,8)9/h5,11-12H,2-4,10H2,1H3. The summed E-state index contributed by atoms with van der Waals surface area (Å²) in [4.78, 5) is 0. The average molecular weight is 265 g/mol. The number of hydrogen-bond acceptors (Lipinski definition) is 4. The summed E-state index contributed by atoms with van der Waals surface area (Å²) in [7, 11) is -2.91. The average Bonchev–Trinajstić information content (AvgIpc) is 2.13. The van der Waals surface area contributed by atoms with Crippen LogP contribution in [0.15, 0.2) is 0 Å². The Bertz CT molecular complexity index is 293. The topological polar surface area (TPSA) is 93.4 Å². The smallest absolute Gasteiger partial charge is 0.383 e. The molecule has 4 N–H and O–H groups in total. The number of hydrogen-bond donors (Lipinski definition) is 3. The van der Waals surface area contributed by atoms with Crippen molar-refractivity contribution in [3.63, 3.8) is 0 Å². The van der Waals surface area contributed by atoms with Crippen LogP contribution < -0.4 is 15.2 Å². The molecule has 0 bridgehead atoms. The molecule has 16 heavy (non-hydrogen) atoms. The molecule has 0 rings (SSSR count). The molecular weight excluding hydrogens is 251 g/mol. The van der Waals surface area contributed by atoms with Crippen molar-refractivity contribution in [1.82, 2.24) is 9.44 Å². The Labute approximate surface area is 91.5 Å². The normalized spacial score (nSPS) is 15.1. The molecule has 0 aliphatic rings. The van der Waals surface area contributed by atoms with Crippen molar-refractivity contribution in [3.8, 4) is 0 Å². The van der Waals surface area contributed by atoms with E-state index in [2.05, 4.69) is 4.74 Å². The second kappa shape index (κ2) is 6.35. The van der Waals surface area contributed by atoms with Crippen molar-refractivity contribution in [1.29, 1.82) is 0 Å². The Hall–Kier alpha value is -0.420. The summed E-state index contributed by atoms with van der Waals surface area (Å²) >= 11 is 0. The highest BCUT2D eigenvalue weighted by molar-refractivity contribution is 7.87. The first-order chi connectivity index (χ1) is 7.20. The van der Waals surface area contributed by atoms with Crippen LogP contribution in [0.2, 0.25) is 0 Å². The predicted molar refractivity (Wildman–Crippen MR) is 50.8 cm³/mol. The highest BCUT2D eigenvalue weighted by Gasteiger charge is 2.30. The van der Waals surface area contributed by atoms with E-state index in [-0.39, 0.29) is 13.2 Å². The summed E-state index contributed by atoms with van der Waals surface area (Å²) in [6, 6.07) is -0.768. The number of ether oxygens (including phenoxy) is 1. The number of halogens is 3. The summed E-state index contributed by atoms with van der Waals surface area (Å²) in [6.45, 7) is -1.74. The molecule has 1 atom stereocenters. The molecule has 1 unspecified atom stereocenters. The van der Waals surface area contributed by atoms with Gasteiger partial charge in [0.1, 0.15) is 6.54 Å². The molecule has 0 saturated carbocycles. The second-order valence-corrected chi connectivity index (χ2v) is 4.48. The molecule has 0 fully saturated rings. The fourth-order valence-electron chi connectivity index (χ4n) is 0.789. The predicted octanol–water partition coefficient (Wildman–Crippen LogP) is -1.05. The van der Waals surface area contributed by atoms with E-state index in [1.807, 2.05) is 4.72 Å². The molecule has 0 saturated heterocycles. The molecule has 6 nitrogen and oxygen atoms in total. The van der Waals surface area contributed by atoms with Gasteiger partial charge in [0.2, 0.25) is 0 Å². The molecule has 0 aromatic heterocycles. The minimum absolute atomic E-state index is 0.0244. The fraction of sp³-hybridized carbons (Fsp3) is 1.00. The zero-order chi connectivity index (χ0) is 12.8. The van der Waals surface area contributed by atoms with Gasteiger partial charge in [-0.15, -0.1) is 0 Å². The van der Waals surface area contributed by atoms with Crippen LogP contribution in [0.5, 0.6) is 0 Å². The van der Waals surface area contributed by atoms with Crippen LogP contribution in [-0.4, -0.2) is 47.4 Å². The molecule has 0 amide bonds. The third-order valence-corrected chi connectivity index (χ3v) is 2.60. The van der Waals surface area contributed by atoms with E-state index < -0.39 is 29.0 Å². The molecule has 10 heteroatoms. The van der Waals surface area contributed by atoms with Crippen molar-refractivity contribution in [3.05, 3.63) is 0 Å². The Morgan fingerprint density at radius 3 is 2.38 bits per heavy atom. The van der Waals surface area contributed by atoms with Crippen molar-refractivity contribution in [2.24, 2.45) is 5.73 Å². The van der Waals surface area contributed by atoms with Gasteiger partial charge in [-0.2, -0.15) is 31.0 Å². The maximum Gasteiger partial charge on any atom is 0.402 e. The quantitative estimate of drug-likeness (QED) is 0.547. The monoisotopic (exact) mass is 265 g/mol. The number of methoxy groups -OCH3 is 1. The summed E-state index contributed by atoms with van der Waals surface area (Å²) in [5.74, 6) is 0. The van der Waals surface area contributed by atoms with Crippen LogP contribution in [0.4, 0.5) is 13.2 Å². The van der Waals surface area contributed by atoms with Crippen LogP contribution in [0.1, 0.15) is 0 Å². The van der Waals surface area contributed by atoms with E-state index in [1.54, 1.807) is 0 Å². The summed E-state index contributed by atoms with van der Waals surface area (Å²) in [5.41, 5.74) is 5.19. The number of nitrogens with two attached hydrogens (primary N) is 1. The minimum Gasteiger partial charge on any atom is -0.383 e. The van der Waals surface area contributed by atoms with E-state index in [9.17, 15) is 21.6 Å². The lowest BCUT2D eigenvalue weighted by Crippen LogP contribution is -2.49. The summed E-state index contributed by atoms with van der Waals surface area (Å²) < 4.78 is 65.3. The highest BCUT2D eigenvalue weighted by atomic mass is 32.2. The Morgan fingerprint density at radius 2 is 2.00 bits per heavy atom. The van der Waals surface area contributed by atoms with Gasteiger partial charge in [-0.1, -0.05) is 0 Å². The van der Waals surface area contributed by atoms with Crippen LogP contribution in [0.25, 0.3) is 0 Å². The zero-order valence-electron chi connectivity index (χ0n) is 8.54. The molecule has 0 spiro atoms. The van der Waals surface area contributed by atoms with Gasteiger partial charge >= 0.3 is 6.18 Å². The molecule has 98 valence electrons. The van der Waals surface area contributed by atoms with Crippen molar-refractivity contribution < 1.29 is 26.3 Å². The molecule has 0 aromatic carbocycles. The third-order valence-electron chi connectivity index (χ3n) is 1.44. The minimum atomic E-state index is -4.60. The fourth-order valence-corrected chi connectivity index (χ4v) is 1.83. The van der Waals surface area contributed by atoms with Crippen LogP contribution in [-0.2, 0) is 14.9 Å². The SMILES string of the molecule is COCC(CN)NS(=O)(=O)NCC(F)(F)F. The third kappa shape index (κ3) is 7.82. The molecule has 0 aliphatic heterocycles. The molecular formula is C6H14F3N3O3S. The lowest BCUT2D eigenvalue weighted by molar-refractivity contribution is -0.121. The Balaban J connectivity index is 4.23. The molecule has 0 aliphatic carbocycles. The van der Waals surface area contributed by atoms with Crippen LogP contribution >= 0.6 is 0 Å². The summed E-state index contributed by atoms with van der Waals surface area (Å²) in [6.07, 6.45) is -4.60. The van der Waals surface area contributed by atoms with Gasteiger partial charge < -0.3 is 10.5 Å². The van der Waals surface area contributed by atoms with Gasteiger partial charge in [0.25, 0.3) is 10.2 Å². The Kier molecular flexibility index (Phi) is 6.18. The van der Waals surface area contributed by atoms with Gasteiger partial charge in [0.05, 0.1) is 12.6 Å². The van der Waals surface area contributed by atoms with Gasteiger partial charge in [-0.3, -0.25) is 0 Å². The van der Waals surface area contributed by atoms with E-state index in [1.165, 1.54) is 11.8 Å². The van der Waals surface area contributed by atoms with E-state index in [0.717, 1.165) is 0 Å². The first-order valence-electron chi connectivity index (χ1n) is 4.23. The van der Waals surface area contributed by atoms with Crippen LogP contribution in [0, 0.1) is 0 Å². The van der Waals surface area contributed by atoms with E-state index in [0.29, 0.717) is 0 Å². The lowest BCUT2D eigenvalue weighted by atomic mass is 10.3. The van der Waals surface area contributed by atoms with Crippen molar-refractivity contribution in [2.75, 3.05) is 26.8 Å². The molecule has 0 aromatic rings. The number of nitrogens with one attached hydrogen (secondary N) is 2. The van der Waals surface area contributed by atoms with E-state index >= 15 is 0 Å². The molecule has 0 heterocycles. The van der Waals surface area contributed by atoms with Gasteiger partial charge in [-0.05, 0) is 0 Å². The summed E-state index contributed by atoms with van der Waals surface area (Å²) in [5, 5.41) is 0. The maximum absolute atomic E-state index is 11.7. The van der Waals surface area contributed by atoms with Crippen molar-refractivity contribution >= 4 is 10.2 Å². The zero-order valence-corrected chi connectivity index (χ0v) is 9.36. The molecule has 0 radical (unpaired) electrons. The second-order valence-electron chi connectivity index (χ2n) is 2.95. The lowest BCUT2D eigenvalue weighted by Gasteiger charge is -2.16. The van der Waals surface area contributed by atoms with Gasteiger partial charge in [-0.25, -0.2) is 0 Å². The van der Waals surface area contributed by atoms with Crippen molar-refractivity contribution in [2.45, 2.75) is 12.2 Å².